The van der Waals surface area contributed by atoms with E-state index >= 15 is 0 Å². The van der Waals surface area contributed by atoms with Gasteiger partial charge in [0.2, 0.25) is 0 Å². The van der Waals surface area contributed by atoms with Gasteiger partial charge in [0.05, 0.1) is 11.1 Å². The normalized spacial score (nSPS) is 10.2. The fraction of sp³-hybridized carbons (Fsp3) is 0.143. The van der Waals surface area contributed by atoms with E-state index in [0.29, 0.717) is 10.0 Å². The molecular weight excluding hydrogens is 234 g/mol. The van der Waals surface area contributed by atoms with Gasteiger partial charge in [0.15, 0.2) is 0 Å². The van der Waals surface area contributed by atoms with Crippen LogP contribution in [0, 0.1) is 5.82 Å². The van der Waals surface area contributed by atoms with E-state index in [4.69, 9.17) is 16.7 Å². The highest BCUT2D eigenvalue weighted by molar-refractivity contribution is 9.10. The van der Waals surface area contributed by atoms with E-state index in [0.717, 1.165) is 6.07 Å². The molecule has 0 amide bonds. The lowest BCUT2D eigenvalue weighted by Crippen LogP contribution is -1.87. The van der Waals surface area contributed by atoms with E-state index in [9.17, 15) is 4.39 Å². The molecule has 1 aromatic carbocycles. The van der Waals surface area contributed by atoms with E-state index in [2.05, 4.69) is 15.9 Å². The standard InChI is InChI=1S/C7H5BrClFO/c8-5-1-4(3-11)6(9)2-7(5)10/h1-2,11H,3H2. The first-order valence-corrected chi connectivity index (χ1v) is 4.06. The van der Waals surface area contributed by atoms with Gasteiger partial charge < -0.3 is 5.11 Å². The van der Waals surface area contributed by atoms with Gasteiger partial charge in [0.25, 0.3) is 0 Å². The molecule has 60 valence electrons. The molecule has 0 spiro atoms. The largest absolute Gasteiger partial charge is 0.392 e. The topological polar surface area (TPSA) is 20.2 Å². The van der Waals surface area contributed by atoms with E-state index < -0.39 is 5.82 Å². The van der Waals surface area contributed by atoms with E-state index in [1.54, 1.807) is 0 Å². The lowest BCUT2D eigenvalue weighted by Gasteiger charge is -2.01. The van der Waals surface area contributed by atoms with Crippen molar-refractivity contribution in [2.24, 2.45) is 0 Å². The molecule has 0 fully saturated rings. The monoisotopic (exact) mass is 238 g/mol. The maximum atomic E-state index is 12.7. The molecule has 0 heterocycles. The highest BCUT2D eigenvalue weighted by Gasteiger charge is 2.04. The van der Waals surface area contributed by atoms with Crippen molar-refractivity contribution >= 4 is 27.5 Å². The third kappa shape index (κ3) is 1.92. The third-order valence-electron chi connectivity index (χ3n) is 1.26. The zero-order valence-electron chi connectivity index (χ0n) is 5.44. The average molecular weight is 239 g/mol. The smallest absolute Gasteiger partial charge is 0.138 e. The number of hydrogen-bond donors (Lipinski definition) is 1. The van der Waals surface area contributed by atoms with E-state index in [-0.39, 0.29) is 11.6 Å². The Morgan fingerprint density at radius 1 is 1.55 bits per heavy atom. The van der Waals surface area contributed by atoms with Gasteiger partial charge in [-0.2, -0.15) is 0 Å². The van der Waals surface area contributed by atoms with Crippen LogP contribution in [0.25, 0.3) is 0 Å². The highest BCUT2D eigenvalue weighted by atomic mass is 79.9. The van der Waals surface area contributed by atoms with Crippen LogP contribution >= 0.6 is 27.5 Å². The van der Waals surface area contributed by atoms with Crippen molar-refractivity contribution in [3.05, 3.63) is 33.0 Å². The van der Waals surface area contributed by atoms with Crippen molar-refractivity contribution in [3.8, 4) is 0 Å². The van der Waals surface area contributed by atoms with E-state index in [1.165, 1.54) is 6.07 Å². The van der Waals surface area contributed by atoms with Crippen molar-refractivity contribution in [3.63, 3.8) is 0 Å². The number of aliphatic hydroxyl groups is 1. The summed E-state index contributed by atoms with van der Waals surface area (Å²) < 4.78 is 13.0. The molecule has 1 rings (SSSR count). The minimum absolute atomic E-state index is 0.183. The minimum Gasteiger partial charge on any atom is -0.392 e. The molecule has 1 nitrogen and oxygen atoms in total. The molecule has 0 aliphatic rings. The Kier molecular flexibility index (Phi) is 2.87. The van der Waals surface area contributed by atoms with Gasteiger partial charge in [0, 0.05) is 5.02 Å². The first-order valence-electron chi connectivity index (χ1n) is 2.89. The van der Waals surface area contributed by atoms with Crippen molar-refractivity contribution in [1.29, 1.82) is 0 Å². The maximum Gasteiger partial charge on any atom is 0.138 e. The zero-order chi connectivity index (χ0) is 8.43. The second-order valence-electron chi connectivity index (χ2n) is 2.02. The van der Waals surface area contributed by atoms with Crippen LogP contribution in [0.15, 0.2) is 16.6 Å². The number of aliphatic hydroxyl groups excluding tert-OH is 1. The molecule has 0 unspecified atom stereocenters. The van der Waals surface area contributed by atoms with Crippen LogP contribution in [0.4, 0.5) is 4.39 Å². The van der Waals surface area contributed by atoms with Gasteiger partial charge in [-0.3, -0.25) is 0 Å². The summed E-state index contributed by atoms with van der Waals surface area (Å²) >= 11 is 8.56. The molecule has 11 heavy (non-hydrogen) atoms. The summed E-state index contributed by atoms with van der Waals surface area (Å²) in [5.41, 5.74) is 0.514. The van der Waals surface area contributed by atoms with Crippen LogP contribution in [-0.2, 0) is 6.61 Å². The number of halogens is 3. The summed E-state index contributed by atoms with van der Waals surface area (Å²) in [7, 11) is 0. The zero-order valence-corrected chi connectivity index (χ0v) is 7.78. The second-order valence-corrected chi connectivity index (χ2v) is 3.28. The number of hydrogen-bond acceptors (Lipinski definition) is 1. The summed E-state index contributed by atoms with van der Waals surface area (Å²) in [6.45, 7) is -0.183. The van der Waals surface area contributed by atoms with Crippen molar-refractivity contribution in [2.75, 3.05) is 0 Å². The Hall–Kier alpha value is -0.120. The Morgan fingerprint density at radius 3 is 2.73 bits per heavy atom. The average Bonchev–Trinajstić information content (AvgIpc) is 1.97. The van der Waals surface area contributed by atoms with E-state index in [1.807, 2.05) is 0 Å². The third-order valence-corrected chi connectivity index (χ3v) is 2.22. The van der Waals surface area contributed by atoms with Gasteiger partial charge in [-0.05, 0) is 33.6 Å². The molecule has 0 aliphatic carbocycles. The molecule has 0 atom stereocenters. The number of benzene rings is 1. The number of rotatable bonds is 1. The molecular formula is C7H5BrClFO. The Bertz CT molecular complexity index is 277. The fourth-order valence-electron chi connectivity index (χ4n) is 0.685. The minimum atomic E-state index is -0.424. The van der Waals surface area contributed by atoms with Crippen LogP contribution in [0.5, 0.6) is 0 Å². The molecule has 0 saturated heterocycles. The summed E-state index contributed by atoms with van der Waals surface area (Å²) in [5.74, 6) is -0.424. The van der Waals surface area contributed by atoms with Gasteiger partial charge in [-0.25, -0.2) is 4.39 Å². The summed E-state index contributed by atoms with van der Waals surface area (Å²) in [6, 6.07) is 2.62. The van der Waals surface area contributed by atoms with Crippen molar-refractivity contribution in [1.82, 2.24) is 0 Å². The molecule has 4 heteroatoms. The molecule has 0 aliphatic heterocycles. The fourth-order valence-corrected chi connectivity index (χ4v) is 1.29. The first kappa shape index (κ1) is 8.97. The van der Waals surface area contributed by atoms with Gasteiger partial charge >= 0.3 is 0 Å². The van der Waals surface area contributed by atoms with Crippen molar-refractivity contribution in [2.45, 2.75) is 6.61 Å². The predicted octanol–water partition coefficient (Wildman–Crippen LogP) is 2.73. The van der Waals surface area contributed by atoms with Gasteiger partial charge in [-0.15, -0.1) is 0 Å². The summed E-state index contributed by atoms with van der Waals surface area (Å²) in [4.78, 5) is 0. The van der Waals surface area contributed by atoms with Crippen molar-refractivity contribution < 1.29 is 9.50 Å². The lowest BCUT2D eigenvalue weighted by atomic mass is 10.2. The quantitative estimate of drug-likeness (QED) is 0.747. The van der Waals surface area contributed by atoms with Crippen LogP contribution in [0.2, 0.25) is 5.02 Å². The SMILES string of the molecule is OCc1cc(Br)c(F)cc1Cl. The molecule has 1 N–H and O–H groups in total. The molecule has 0 radical (unpaired) electrons. The molecule has 0 bridgehead atoms. The second kappa shape index (κ2) is 3.52. The van der Waals surface area contributed by atoms with Crippen LogP contribution in [0.3, 0.4) is 0 Å². The first-order chi connectivity index (χ1) is 5.15. The van der Waals surface area contributed by atoms with Crippen LogP contribution < -0.4 is 0 Å². The Morgan fingerprint density at radius 2 is 2.18 bits per heavy atom. The van der Waals surface area contributed by atoms with Gasteiger partial charge in [0.1, 0.15) is 5.82 Å². The highest BCUT2D eigenvalue weighted by Crippen LogP contribution is 2.24. The Labute approximate surface area is 76.9 Å². The maximum absolute atomic E-state index is 12.7. The summed E-state index contributed by atoms with van der Waals surface area (Å²) in [5, 5.41) is 8.95. The molecule has 0 aromatic heterocycles. The van der Waals surface area contributed by atoms with Crippen LogP contribution in [0.1, 0.15) is 5.56 Å². The molecule has 1 aromatic rings. The van der Waals surface area contributed by atoms with Gasteiger partial charge in [-0.1, -0.05) is 11.6 Å². The summed E-state index contributed by atoms with van der Waals surface area (Å²) in [6.07, 6.45) is 0. The molecule has 0 saturated carbocycles. The Balaban J connectivity index is 3.21. The van der Waals surface area contributed by atoms with Crippen LogP contribution in [-0.4, -0.2) is 5.11 Å². The lowest BCUT2D eigenvalue weighted by molar-refractivity contribution is 0.281. The predicted molar refractivity (Wildman–Crippen MR) is 45.0 cm³/mol.